The maximum atomic E-state index is 4.20. The van der Waals surface area contributed by atoms with E-state index in [-0.39, 0.29) is 0 Å². The minimum atomic E-state index is 0.966. The molecule has 8 nitrogen and oxygen atoms in total. The Morgan fingerprint density at radius 1 is 0.198 bits per heavy atom. The summed E-state index contributed by atoms with van der Waals surface area (Å²) in [4.78, 5) is 16.8. The predicted octanol–water partition coefficient (Wildman–Crippen LogP) is 19.1. The number of fused-ring (bicyclic) bond motifs is 8. The molecule has 0 spiro atoms. The van der Waals surface area contributed by atoms with Gasteiger partial charge in [-0.3, -0.25) is 0 Å². The lowest BCUT2D eigenvalue weighted by Crippen LogP contribution is -2.40. The van der Waals surface area contributed by atoms with Gasteiger partial charge in [0, 0.05) is 74.2 Å². The van der Waals surface area contributed by atoms with Gasteiger partial charge >= 0.3 is 0 Å². The molecule has 8 aromatic rings. The number of H-pyrrole nitrogens is 4. The van der Waals surface area contributed by atoms with Crippen LogP contribution in [0.4, 0.5) is 0 Å². The van der Waals surface area contributed by atoms with Crippen LogP contribution >= 0.6 is 0 Å². The van der Waals surface area contributed by atoms with E-state index >= 15 is 0 Å². The molecule has 8 heteroatoms. The van der Waals surface area contributed by atoms with Crippen molar-refractivity contribution >= 4 is 22.3 Å². The third-order valence-corrected chi connectivity index (χ3v) is 20.7. The van der Waals surface area contributed by atoms with E-state index in [2.05, 4.69) is 212 Å². The largest absolute Gasteiger partial charge is 0.354 e. The molecular formula is C88H128N8+4. The zero-order valence-electron chi connectivity index (χ0n) is 60.8. The zero-order valence-corrected chi connectivity index (χ0v) is 60.8. The molecule has 8 bridgehead atoms. The van der Waals surface area contributed by atoms with Crippen LogP contribution in [0.25, 0.3) is 22.3 Å². The van der Waals surface area contributed by atoms with E-state index in [4.69, 9.17) is 0 Å². The van der Waals surface area contributed by atoms with E-state index in [1.165, 1.54) is 276 Å². The van der Waals surface area contributed by atoms with Gasteiger partial charge in [-0.15, -0.1) is 0 Å². The molecule has 1 aliphatic heterocycles. The molecule has 9 heterocycles. The third-order valence-electron chi connectivity index (χ3n) is 20.7. The highest BCUT2D eigenvalue weighted by atomic mass is 15.0. The Bertz CT molecular complexity index is 3260. The standard InChI is InChI=1S/C88H126N8/c1-5-9-13-17-21-25-29-33-37-45-65-93-69-49-41-53-81(93)85-73-57-59-75(89-73)86(82-54-42-50-70-94(82)66-46-38-34-30-26-22-18-14-10-6-2)77-61-63-79(91-77)88(84-56-44-52-72-96(84)68-48-40-36-32-28-24-20-16-12-8-4)80-64-62-78(92-80)87(76-60-58-74(85)90-76)83-55-43-51-71-95(83)67-47-39-35-31-27-23-19-15-11-7-3/h41-44,49-64,69-72H,5-40,45-48,65-68H2,1-4H3,(H2,89,90,91,92)/q+2/p+2. The Morgan fingerprint density at radius 3 is 0.583 bits per heavy atom. The van der Waals surface area contributed by atoms with Crippen molar-refractivity contribution in [2.24, 2.45) is 0 Å². The zero-order chi connectivity index (χ0) is 66.5. The molecule has 0 aromatic carbocycles. The van der Waals surface area contributed by atoms with E-state index in [9.17, 15) is 0 Å². The molecule has 0 aliphatic carbocycles. The van der Waals surface area contributed by atoms with Crippen LogP contribution < -0.4 is 39.7 Å². The number of nitrogens with zero attached hydrogens (tertiary/aromatic N) is 4. The molecule has 516 valence electrons. The highest BCUT2D eigenvalue weighted by molar-refractivity contribution is 5.81. The Kier molecular flexibility index (Phi) is 32.7. The average Bonchev–Trinajstić information content (AvgIpc) is 1.60. The van der Waals surface area contributed by atoms with E-state index < -0.39 is 0 Å². The molecule has 0 atom stereocenters. The van der Waals surface area contributed by atoms with Crippen LogP contribution in [-0.2, 0) is 26.2 Å². The summed E-state index contributed by atoms with van der Waals surface area (Å²) in [6.45, 7) is 13.1. The summed E-state index contributed by atoms with van der Waals surface area (Å²) >= 11 is 0. The monoisotopic (exact) mass is 1300 g/mol. The first-order valence-electron chi connectivity index (χ1n) is 39.8. The van der Waals surface area contributed by atoms with Gasteiger partial charge in [0.15, 0.2) is 24.8 Å². The van der Waals surface area contributed by atoms with Crippen LogP contribution in [0.1, 0.15) is 330 Å². The summed E-state index contributed by atoms with van der Waals surface area (Å²) in [5.41, 5.74) is 13.9. The lowest BCUT2D eigenvalue weighted by atomic mass is 10.1. The van der Waals surface area contributed by atoms with Crippen LogP contribution in [0.5, 0.6) is 0 Å². The van der Waals surface area contributed by atoms with E-state index in [0.717, 1.165) is 96.0 Å². The highest BCUT2D eigenvalue weighted by Crippen LogP contribution is 2.27. The molecule has 0 amide bonds. The second kappa shape index (κ2) is 42.8. The Labute approximate surface area is 581 Å². The molecule has 8 aromatic heterocycles. The Hall–Kier alpha value is -6.80. The lowest BCUT2D eigenvalue weighted by molar-refractivity contribution is -0.699. The number of aryl methyl sites for hydroxylation is 4. The maximum absolute atomic E-state index is 4.20. The SMILES string of the molecule is CCCCCCCCCCCC[n+]1ccccc1C1=c2ccc([nH]2)=C(c2cccc[n+]2CCCCCCCCCCCC)c2ccc([nH]2)C(c2cccc[n+]2CCCCCCCCCCCC)=c2ccc([nH]2)=C(c2cccc[n+]2CCCCCCCCCCCC)c2ccc1[nH]2. The smallest absolute Gasteiger partial charge is 0.216 e. The van der Waals surface area contributed by atoms with Crippen molar-refractivity contribution in [1.29, 1.82) is 0 Å². The third kappa shape index (κ3) is 22.6. The van der Waals surface area contributed by atoms with Crippen LogP contribution in [0.15, 0.2) is 146 Å². The van der Waals surface area contributed by atoms with Gasteiger partial charge < -0.3 is 19.9 Å². The van der Waals surface area contributed by atoms with Crippen LogP contribution in [0.3, 0.4) is 0 Å². The molecule has 9 rings (SSSR count). The van der Waals surface area contributed by atoms with Crippen molar-refractivity contribution < 1.29 is 18.3 Å². The first kappa shape index (κ1) is 73.4. The summed E-state index contributed by atoms with van der Waals surface area (Å²) in [5, 5.41) is 4.39. The predicted molar refractivity (Wildman–Crippen MR) is 402 cm³/mol. The first-order valence-corrected chi connectivity index (χ1v) is 39.8. The van der Waals surface area contributed by atoms with Crippen molar-refractivity contribution in [3.8, 4) is 0 Å². The summed E-state index contributed by atoms with van der Waals surface area (Å²) in [5.74, 6) is 0. The fourth-order valence-corrected chi connectivity index (χ4v) is 15.1. The van der Waals surface area contributed by atoms with Gasteiger partial charge in [-0.05, 0) is 98.5 Å². The number of hydrogen-bond acceptors (Lipinski definition) is 0. The number of rotatable bonds is 48. The Morgan fingerprint density at radius 2 is 0.385 bits per heavy atom. The van der Waals surface area contributed by atoms with Crippen LogP contribution in [0.2, 0.25) is 0 Å². The molecule has 4 N–H and O–H groups in total. The number of aromatic nitrogens is 8. The molecule has 0 saturated heterocycles. The van der Waals surface area contributed by atoms with Crippen molar-refractivity contribution in [2.75, 3.05) is 0 Å². The van der Waals surface area contributed by atoms with Gasteiger partial charge in [0.25, 0.3) is 0 Å². The maximum Gasteiger partial charge on any atom is 0.216 e. The van der Waals surface area contributed by atoms with E-state index in [1.54, 1.807) is 0 Å². The average molecular weight is 1300 g/mol. The highest BCUT2D eigenvalue weighted by Gasteiger charge is 2.28. The number of aromatic amines is 4. The van der Waals surface area contributed by atoms with Crippen LogP contribution in [0, 0.1) is 0 Å². The van der Waals surface area contributed by atoms with E-state index in [0.29, 0.717) is 0 Å². The van der Waals surface area contributed by atoms with Gasteiger partial charge in [-0.2, -0.15) is 18.3 Å². The van der Waals surface area contributed by atoms with Gasteiger partial charge in [-0.25, -0.2) is 0 Å². The van der Waals surface area contributed by atoms with Crippen molar-refractivity contribution in [3.63, 3.8) is 0 Å². The number of unbranched alkanes of at least 4 members (excludes halogenated alkanes) is 36. The van der Waals surface area contributed by atoms with Crippen molar-refractivity contribution in [1.82, 2.24) is 19.9 Å². The minimum Gasteiger partial charge on any atom is -0.354 e. The number of pyridine rings is 4. The van der Waals surface area contributed by atoms with Gasteiger partial charge in [0.05, 0.1) is 66.5 Å². The van der Waals surface area contributed by atoms with Gasteiger partial charge in [-0.1, -0.05) is 233 Å². The van der Waals surface area contributed by atoms with Crippen molar-refractivity contribution in [2.45, 2.75) is 311 Å². The van der Waals surface area contributed by atoms with Gasteiger partial charge in [0.1, 0.15) is 26.2 Å². The van der Waals surface area contributed by atoms with Crippen LogP contribution in [-0.4, -0.2) is 19.9 Å². The molecule has 0 radical (unpaired) electrons. The minimum absolute atomic E-state index is 0.966. The summed E-state index contributed by atoms with van der Waals surface area (Å²) < 4.78 is 10.1. The molecule has 0 fully saturated rings. The first-order chi connectivity index (χ1) is 47.6. The van der Waals surface area contributed by atoms with Crippen molar-refractivity contribution in [3.05, 3.63) is 213 Å². The second-order valence-electron chi connectivity index (χ2n) is 28.5. The number of nitrogens with one attached hydrogen (secondary N) is 4. The fraction of sp³-hybridized carbons (Fsp3) is 0.545. The van der Waals surface area contributed by atoms with E-state index in [1.807, 2.05) is 0 Å². The quantitative estimate of drug-likeness (QED) is 0.0217. The normalized spacial score (nSPS) is 12.5. The summed E-state index contributed by atoms with van der Waals surface area (Å²) in [7, 11) is 0. The molecule has 96 heavy (non-hydrogen) atoms. The molecular weight excluding hydrogens is 1170 g/mol. The lowest BCUT2D eigenvalue weighted by Gasteiger charge is -2.10. The van der Waals surface area contributed by atoms with Gasteiger partial charge in [0.2, 0.25) is 22.8 Å². The topological polar surface area (TPSA) is 78.7 Å². The summed E-state index contributed by atoms with van der Waals surface area (Å²) in [6.07, 6.45) is 62.1. The Balaban J connectivity index is 1.16. The molecule has 0 unspecified atom stereocenters. The summed E-state index contributed by atoms with van der Waals surface area (Å²) in [6, 6.07) is 46.2. The molecule has 1 aliphatic rings. The molecule has 0 saturated carbocycles. The second-order valence-corrected chi connectivity index (χ2v) is 28.5. The number of hydrogen-bond donors (Lipinski definition) is 4. The fourth-order valence-electron chi connectivity index (χ4n) is 15.1.